The van der Waals surface area contributed by atoms with Crippen LogP contribution in [-0.2, 0) is 0 Å². The van der Waals surface area contributed by atoms with E-state index in [9.17, 15) is 9.59 Å². The lowest BCUT2D eigenvalue weighted by Crippen LogP contribution is -1.99. The Kier molecular flexibility index (Phi) is 8.74. The van der Waals surface area contributed by atoms with Gasteiger partial charge in [-0.3, -0.25) is 0 Å². The summed E-state index contributed by atoms with van der Waals surface area (Å²) < 4.78 is 11.1. The van der Waals surface area contributed by atoms with Crippen LogP contribution in [0.2, 0.25) is 0 Å². The summed E-state index contributed by atoms with van der Waals surface area (Å²) >= 11 is 0. The largest absolute Gasteiger partial charge is 0.476 e. The zero-order valence-electron chi connectivity index (χ0n) is 21.5. The van der Waals surface area contributed by atoms with E-state index in [1.165, 1.54) is 0 Å². The Morgan fingerprint density at radius 1 is 0.775 bits per heavy atom. The minimum absolute atomic E-state index is 0.0424. The molecule has 4 aromatic rings. The maximum absolute atomic E-state index is 11.2. The van der Waals surface area contributed by atoms with Gasteiger partial charge in [-0.05, 0) is 55.3 Å². The fourth-order valence-corrected chi connectivity index (χ4v) is 3.40. The Hall–Kier alpha value is -5.62. The lowest BCUT2D eigenvalue weighted by molar-refractivity contribution is 0.0676. The Bertz CT molecular complexity index is 1620. The van der Waals surface area contributed by atoms with Gasteiger partial charge in [0.2, 0.25) is 11.4 Å². The standard InChI is InChI=1S/C28H24N6O6/c1-17(8-10-19-12-14-21(15-13-19)39-25-23(27(35)36)29-33-31-25)6-7-18(2)9-11-20-4-3-5-22(16-20)40-26-24(28(37)38)30-34-32-26/h3-5,12-18H,6-7H2,1-2H3,(H,35,36)(H,37,38)(H,29,31,33)(H,30,32,34). The number of ether oxygens (including phenoxy) is 2. The van der Waals surface area contributed by atoms with Crippen molar-refractivity contribution in [3.8, 4) is 46.9 Å². The molecule has 2 heterocycles. The number of carbonyl (C=O) groups is 2. The van der Waals surface area contributed by atoms with Gasteiger partial charge in [0.05, 0.1) is 0 Å². The van der Waals surface area contributed by atoms with Crippen LogP contribution in [0.5, 0.6) is 23.3 Å². The van der Waals surface area contributed by atoms with Gasteiger partial charge >= 0.3 is 11.9 Å². The molecule has 12 heteroatoms. The maximum Gasteiger partial charge on any atom is 0.362 e. The van der Waals surface area contributed by atoms with E-state index in [-0.39, 0.29) is 35.0 Å². The zero-order valence-corrected chi connectivity index (χ0v) is 21.5. The molecule has 0 aliphatic heterocycles. The second-order valence-corrected chi connectivity index (χ2v) is 8.76. The Morgan fingerprint density at radius 2 is 1.30 bits per heavy atom. The van der Waals surface area contributed by atoms with Gasteiger partial charge in [-0.15, -0.1) is 10.2 Å². The molecule has 4 rings (SSSR count). The van der Waals surface area contributed by atoms with Crippen molar-refractivity contribution in [3.05, 3.63) is 71.0 Å². The molecule has 40 heavy (non-hydrogen) atoms. The number of aromatic carboxylic acids is 2. The minimum Gasteiger partial charge on any atom is -0.476 e. The van der Waals surface area contributed by atoms with Crippen LogP contribution >= 0.6 is 0 Å². The van der Waals surface area contributed by atoms with Crippen molar-refractivity contribution >= 4 is 11.9 Å². The monoisotopic (exact) mass is 540 g/mol. The number of H-pyrrole nitrogens is 2. The molecule has 0 saturated carbocycles. The molecule has 202 valence electrons. The van der Waals surface area contributed by atoms with Gasteiger partial charge in [0, 0.05) is 23.0 Å². The van der Waals surface area contributed by atoms with Crippen molar-refractivity contribution < 1.29 is 29.3 Å². The van der Waals surface area contributed by atoms with Crippen LogP contribution < -0.4 is 9.47 Å². The van der Waals surface area contributed by atoms with Gasteiger partial charge in [0.15, 0.2) is 0 Å². The first-order chi connectivity index (χ1) is 19.3. The highest BCUT2D eigenvalue weighted by molar-refractivity contribution is 5.88. The van der Waals surface area contributed by atoms with Crippen molar-refractivity contribution in [2.45, 2.75) is 26.7 Å². The molecule has 0 spiro atoms. The van der Waals surface area contributed by atoms with Gasteiger partial charge in [0.25, 0.3) is 11.8 Å². The molecule has 2 aromatic heterocycles. The van der Waals surface area contributed by atoms with Gasteiger partial charge in [-0.1, -0.05) is 54.0 Å². The van der Waals surface area contributed by atoms with Crippen LogP contribution in [0.1, 0.15) is 58.8 Å². The van der Waals surface area contributed by atoms with Crippen LogP contribution in [0.4, 0.5) is 0 Å². The Balaban J connectivity index is 1.27. The molecule has 2 atom stereocenters. The van der Waals surface area contributed by atoms with Crippen molar-refractivity contribution in [1.82, 2.24) is 30.8 Å². The van der Waals surface area contributed by atoms with E-state index in [2.05, 4.69) is 61.4 Å². The minimum atomic E-state index is -1.24. The third kappa shape index (κ3) is 7.46. The molecule has 2 unspecified atom stereocenters. The normalized spacial score (nSPS) is 11.8. The quantitative estimate of drug-likeness (QED) is 0.223. The first kappa shape index (κ1) is 27.4. The summed E-state index contributed by atoms with van der Waals surface area (Å²) in [5.41, 5.74) is 0.944. The van der Waals surface area contributed by atoms with E-state index >= 15 is 0 Å². The van der Waals surface area contributed by atoms with Crippen molar-refractivity contribution in [1.29, 1.82) is 0 Å². The summed E-state index contributed by atoms with van der Waals surface area (Å²) in [7, 11) is 0. The number of hydrogen-bond donors (Lipinski definition) is 4. The number of aromatic amines is 2. The van der Waals surface area contributed by atoms with Crippen molar-refractivity contribution in [2.75, 3.05) is 0 Å². The summed E-state index contributed by atoms with van der Waals surface area (Å²) in [6, 6.07) is 14.0. The molecule has 2 aromatic carbocycles. The van der Waals surface area contributed by atoms with E-state index in [1.54, 1.807) is 42.5 Å². The number of carboxylic acid groups (broad SMARTS) is 2. The molecule has 4 N–H and O–H groups in total. The number of benzene rings is 2. The predicted molar refractivity (Wildman–Crippen MR) is 141 cm³/mol. The van der Waals surface area contributed by atoms with E-state index < -0.39 is 11.9 Å². The second-order valence-electron chi connectivity index (χ2n) is 8.76. The number of rotatable bonds is 9. The first-order valence-electron chi connectivity index (χ1n) is 12.2. The van der Waals surface area contributed by atoms with Gasteiger partial charge < -0.3 is 19.7 Å². The smallest absolute Gasteiger partial charge is 0.362 e. The fourth-order valence-electron chi connectivity index (χ4n) is 3.40. The first-order valence-corrected chi connectivity index (χ1v) is 12.2. The average molecular weight is 541 g/mol. The van der Waals surface area contributed by atoms with Crippen molar-refractivity contribution in [3.63, 3.8) is 0 Å². The van der Waals surface area contributed by atoms with E-state index in [0.717, 1.165) is 24.0 Å². The molecule has 0 amide bonds. The third-order valence-corrected chi connectivity index (χ3v) is 5.53. The number of nitrogens with one attached hydrogen (secondary N) is 2. The van der Waals surface area contributed by atoms with Crippen molar-refractivity contribution in [2.24, 2.45) is 11.8 Å². The fraction of sp³-hybridized carbons (Fsp3) is 0.214. The Morgan fingerprint density at radius 3 is 1.85 bits per heavy atom. The average Bonchev–Trinajstić information content (AvgIpc) is 3.60. The van der Waals surface area contributed by atoms with E-state index in [1.807, 2.05) is 13.0 Å². The molecule has 0 aliphatic rings. The molecule has 0 saturated heterocycles. The van der Waals surface area contributed by atoms with Crippen LogP contribution in [0.25, 0.3) is 0 Å². The molecule has 12 nitrogen and oxygen atoms in total. The maximum atomic E-state index is 11.2. The summed E-state index contributed by atoms with van der Waals surface area (Å²) in [6.07, 6.45) is 1.72. The van der Waals surface area contributed by atoms with Gasteiger partial charge in [0.1, 0.15) is 11.5 Å². The molecular weight excluding hydrogens is 516 g/mol. The third-order valence-electron chi connectivity index (χ3n) is 5.53. The number of aromatic nitrogens is 6. The summed E-state index contributed by atoms with van der Waals surface area (Å²) in [6.45, 7) is 4.10. The van der Waals surface area contributed by atoms with Crippen LogP contribution in [0.15, 0.2) is 48.5 Å². The predicted octanol–water partition coefficient (Wildman–Crippen LogP) is 4.36. The summed E-state index contributed by atoms with van der Waals surface area (Å²) in [4.78, 5) is 22.3. The molecule has 0 bridgehead atoms. The molecule has 0 fully saturated rings. The van der Waals surface area contributed by atoms with Crippen LogP contribution in [-0.4, -0.2) is 53.0 Å². The summed E-state index contributed by atoms with van der Waals surface area (Å²) in [5, 5.41) is 36.9. The zero-order chi connectivity index (χ0) is 28.5. The summed E-state index contributed by atoms with van der Waals surface area (Å²) in [5.74, 6) is 11.3. The van der Waals surface area contributed by atoms with Crippen LogP contribution in [0, 0.1) is 35.5 Å². The van der Waals surface area contributed by atoms with Gasteiger partial charge in [-0.25, -0.2) is 19.8 Å². The highest BCUT2D eigenvalue weighted by atomic mass is 16.5. The molecular formula is C28H24N6O6. The van der Waals surface area contributed by atoms with E-state index in [4.69, 9.17) is 19.7 Å². The Labute approximate surface area is 228 Å². The van der Waals surface area contributed by atoms with E-state index in [0.29, 0.717) is 11.5 Å². The highest BCUT2D eigenvalue weighted by Crippen LogP contribution is 2.23. The van der Waals surface area contributed by atoms with Crippen LogP contribution in [0.3, 0.4) is 0 Å². The number of nitrogens with zero attached hydrogens (tertiary/aromatic N) is 4. The number of carboxylic acids is 2. The van der Waals surface area contributed by atoms with Gasteiger partial charge in [-0.2, -0.15) is 0 Å². The topological polar surface area (TPSA) is 176 Å². The number of hydrogen-bond acceptors (Lipinski definition) is 8. The second kappa shape index (κ2) is 12.8. The lowest BCUT2D eigenvalue weighted by atomic mass is 9.98. The molecule has 0 aliphatic carbocycles. The lowest BCUT2D eigenvalue weighted by Gasteiger charge is -2.06. The highest BCUT2D eigenvalue weighted by Gasteiger charge is 2.17. The molecule has 0 radical (unpaired) electrons. The SMILES string of the molecule is CC(C#Cc1ccc(Oc2[nH]nnc2C(=O)O)cc1)CCC(C)C#Cc1cccc(Oc2[nH]nnc2C(=O)O)c1.